The van der Waals surface area contributed by atoms with Gasteiger partial charge in [0.15, 0.2) is 23.0 Å². The van der Waals surface area contributed by atoms with Gasteiger partial charge in [-0.15, -0.1) is 0 Å². The average molecular weight is 278 g/mol. The highest BCUT2D eigenvalue weighted by Gasteiger charge is 2.18. The number of phenolic OH excluding ortho intramolecular Hbond substituents is 5. The van der Waals surface area contributed by atoms with Gasteiger partial charge in [-0.25, -0.2) is 0 Å². The van der Waals surface area contributed by atoms with Crippen LogP contribution in [-0.2, 0) is 0 Å². The fourth-order valence-electron chi connectivity index (χ4n) is 1.75. The van der Waals surface area contributed by atoms with Gasteiger partial charge in [0.25, 0.3) is 0 Å². The minimum absolute atomic E-state index is 0.0812. The van der Waals surface area contributed by atoms with Gasteiger partial charge in [-0.1, -0.05) is 0 Å². The van der Waals surface area contributed by atoms with E-state index in [0.717, 1.165) is 0 Å². The normalized spacial score (nSPS) is 10.5. The van der Waals surface area contributed by atoms with Gasteiger partial charge >= 0.3 is 0 Å². The van der Waals surface area contributed by atoms with Crippen LogP contribution in [0, 0.1) is 13.8 Å². The molecule has 0 saturated carbocycles. The zero-order chi connectivity index (χ0) is 15.0. The van der Waals surface area contributed by atoms with E-state index in [4.69, 9.17) is 4.74 Å². The number of aromatic hydroxyl groups is 5. The van der Waals surface area contributed by atoms with Crippen molar-refractivity contribution in [3.05, 3.63) is 29.3 Å². The van der Waals surface area contributed by atoms with Crippen molar-refractivity contribution in [1.29, 1.82) is 0 Å². The molecule has 0 aliphatic rings. The molecule has 0 unspecified atom stereocenters. The molecule has 6 nitrogen and oxygen atoms in total. The molecule has 0 saturated heterocycles. The average Bonchev–Trinajstić information content (AvgIpc) is 2.39. The Labute approximate surface area is 114 Å². The molecule has 0 atom stereocenters. The summed E-state index contributed by atoms with van der Waals surface area (Å²) >= 11 is 0. The summed E-state index contributed by atoms with van der Waals surface area (Å²) in [6.07, 6.45) is 0. The van der Waals surface area contributed by atoms with Crippen LogP contribution in [0.2, 0.25) is 0 Å². The standard InChI is InChI=1S/C14H14O6/c1-6-3-8(15)12(17)9(4-6)20-10-5-7(2)11(16)14(19)13(10)18/h3-5,15-19H,1-2H3. The highest BCUT2D eigenvalue weighted by Crippen LogP contribution is 2.47. The molecular formula is C14H14O6. The number of ether oxygens (including phenoxy) is 1. The van der Waals surface area contributed by atoms with Crippen LogP contribution in [0.1, 0.15) is 11.1 Å². The van der Waals surface area contributed by atoms with Crippen molar-refractivity contribution in [3.63, 3.8) is 0 Å². The van der Waals surface area contributed by atoms with Crippen LogP contribution < -0.4 is 4.74 Å². The third-order valence-electron chi connectivity index (χ3n) is 2.82. The van der Waals surface area contributed by atoms with E-state index in [9.17, 15) is 25.5 Å². The van der Waals surface area contributed by atoms with Gasteiger partial charge in [-0.3, -0.25) is 0 Å². The number of hydrogen-bond donors (Lipinski definition) is 5. The Balaban J connectivity index is 2.51. The molecule has 0 aliphatic carbocycles. The van der Waals surface area contributed by atoms with Gasteiger partial charge in [0.05, 0.1) is 0 Å². The molecule has 6 heteroatoms. The zero-order valence-electron chi connectivity index (χ0n) is 10.9. The number of hydrogen-bond acceptors (Lipinski definition) is 6. The molecule has 0 fully saturated rings. The Bertz CT molecular complexity index is 678. The van der Waals surface area contributed by atoms with Crippen molar-refractivity contribution in [2.24, 2.45) is 0 Å². The van der Waals surface area contributed by atoms with E-state index in [1.54, 1.807) is 6.92 Å². The Morgan fingerprint density at radius 3 is 1.95 bits per heavy atom. The summed E-state index contributed by atoms with van der Waals surface area (Å²) in [7, 11) is 0. The monoisotopic (exact) mass is 278 g/mol. The fraction of sp³-hybridized carbons (Fsp3) is 0.143. The Kier molecular flexibility index (Phi) is 3.23. The first-order chi connectivity index (χ1) is 9.31. The Morgan fingerprint density at radius 2 is 1.30 bits per heavy atom. The third kappa shape index (κ3) is 2.23. The molecule has 2 aromatic carbocycles. The topological polar surface area (TPSA) is 110 Å². The second-order valence-corrected chi connectivity index (χ2v) is 4.47. The van der Waals surface area contributed by atoms with E-state index in [2.05, 4.69) is 0 Å². The molecule has 2 rings (SSSR count). The SMILES string of the molecule is Cc1cc(O)c(O)c(Oc2cc(C)c(O)c(O)c2O)c1. The maximum absolute atomic E-state index is 9.71. The lowest BCUT2D eigenvalue weighted by atomic mass is 10.1. The van der Waals surface area contributed by atoms with Gasteiger partial charge < -0.3 is 30.3 Å². The summed E-state index contributed by atoms with van der Waals surface area (Å²) in [4.78, 5) is 0. The van der Waals surface area contributed by atoms with Crippen LogP contribution in [0.4, 0.5) is 0 Å². The lowest BCUT2D eigenvalue weighted by Crippen LogP contribution is -1.89. The van der Waals surface area contributed by atoms with Gasteiger partial charge in [0.1, 0.15) is 0 Å². The summed E-state index contributed by atoms with van der Waals surface area (Å²) in [5, 5.41) is 47.9. The zero-order valence-corrected chi connectivity index (χ0v) is 10.9. The van der Waals surface area contributed by atoms with Crippen LogP contribution in [0.25, 0.3) is 0 Å². The molecule has 5 N–H and O–H groups in total. The van der Waals surface area contributed by atoms with Crippen molar-refractivity contribution in [2.75, 3.05) is 0 Å². The molecule has 0 heterocycles. The van der Waals surface area contributed by atoms with E-state index in [1.807, 2.05) is 0 Å². The van der Waals surface area contributed by atoms with Crippen LogP contribution in [0.5, 0.6) is 40.2 Å². The maximum Gasteiger partial charge on any atom is 0.205 e. The number of aryl methyl sites for hydroxylation is 2. The quantitative estimate of drug-likeness (QED) is 0.540. The van der Waals surface area contributed by atoms with Gasteiger partial charge in [0.2, 0.25) is 17.2 Å². The van der Waals surface area contributed by atoms with Crippen molar-refractivity contribution in [1.82, 2.24) is 0 Å². The molecule has 0 aliphatic heterocycles. The van der Waals surface area contributed by atoms with Crippen LogP contribution in [0.15, 0.2) is 18.2 Å². The van der Waals surface area contributed by atoms with E-state index >= 15 is 0 Å². The molecule has 2 aromatic rings. The number of benzene rings is 2. The highest BCUT2D eigenvalue weighted by molar-refractivity contribution is 5.62. The van der Waals surface area contributed by atoms with Crippen molar-refractivity contribution < 1.29 is 30.3 Å². The second-order valence-electron chi connectivity index (χ2n) is 4.47. The molecule has 106 valence electrons. The van der Waals surface area contributed by atoms with Crippen molar-refractivity contribution >= 4 is 0 Å². The van der Waals surface area contributed by atoms with E-state index in [1.165, 1.54) is 25.1 Å². The third-order valence-corrected chi connectivity index (χ3v) is 2.82. The van der Waals surface area contributed by atoms with Gasteiger partial charge in [-0.2, -0.15) is 0 Å². The maximum atomic E-state index is 9.71. The Morgan fingerprint density at radius 1 is 0.700 bits per heavy atom. The summed E-state index contributed by atoms with van der Waals surface area (Å²) in [6.45, 7) is 3.19. The number of phenols is 5. The van der Waals surface area contributed by atoms with E-state index in [0.29, 0.717) is 5.56 Å². The first-order valence-corrected chi connectivity index (χ1v) is 5.76. The molecule has 0 amide bonds. The van der Waals surface area contributed by atoms with E-state index < -0.39 is 23.0 Å². The van der Waals surface area contributed by atoms with Crippen LogP contribution in [-0.4, -0.2) is 25.5 Å². The molecule has 0 aromatic heterocycles. The summed E-state index contributed by atoms with van der Waals surface area (Å²) in [5.41, 5.74) is 0.918. The van der Waals surface area contributed by atoms with Crippen LogP contribution >= 0.6 is 0 Å². The lowest BCUT2D eigenvalue weighted by molar-refractivity contribution is 0.338. The molecular weight excluding hydrogens is 264 g/mol. The molecule has 20 heavy (non-hydrogen) atoms. The predicted octanol–water partition coefficient (Wildman–Crippen LogP) is 2.62. The summed E-state index contributed by atoms with van der Waals surface area (Å²) in [5.74, 6) is -2.91. The molecule has 0 spiro atoms. The minimum Gasteiger partial charge on any atom is -0.504 e. The van der Waals surface area contributed by atoms with Gasteiger partial charge in [0, 0.05) is 0 Å². The predicted molar refractivity (Wildman–Crippen MR) is 70.8 cm³/mol. The smallest absolute Gasteiger partial charge is 0.205 e. The second kappa shape index (κ2) is 4.73. The Hall–Kier alpha value is -2.76. The largest absolute Gasteiger partial charge is 0.504 e. The minimum atomic E-state index is -0.712. The van der Waals surface area contributed by atoms with E-state index in [-0.39, 0.29) is 22.8 Å². The summed E-state index contributed by atoms with van der Waals surface area (Å²) < 4.78 is 5.29. The van der Waals surface area contributed by atoms with Crippen LogP contribution in [0.3, 0.4) is 0 Å². The van der Waals surface area contributed by atoms with Crippen molar-refractivity contribution in [3.8, 4) is 40.2 Å². The molecule has 0 bridgehead atoms. The fourth-order valence-corrected chi connectivity index (χ4v) is 1.75. The first kappa shape index (κ1) is 13.7. The van der Waals surface area contributed by atoms with Gasteiger partial charge in [-0.05, 0) is 43.2 Å². The summed E-state index contributed by atoms with van der Waals surface area (Å²) in [6, 6.07) is 4.10. The van der Waals surface area contributed by atoms with Crippen molar-refractivity contribution in [2.45, 2.75) is 13.8 Å². The molecule has 0 radical (unpaired) electrons. The number of rotatable bonds is 2. The lowest BCUT2D eigenvalue weighted by Gasteiger charge is -2.13. The first-order valence-electron chi connectivity index (χ1n) is 5.76. The highest BCUT2D eigenvalue weighted by atomic mass is 16.5.